The lowest BCUT2D eigenvalue weighted by molar-refractivity contribution is -0.113. The number of halogens is 1. The van der Waals surface area contributed by atoms with Crippen LogP contribution in [0.3, 0.4) is 0 Å². The van der Waals surface area contributed by atoms with Crippen molar-refractivity contribution in [1.82, 2.24) is 0 Å². The van der Waals surface area contributed by atoms with Crippen molar-refractivity contribution < 1.29 is 4.79 Å². The van der Waals surface area contributed by atoms with Gasteiger partial charge < -0.3 is 11.5 Å². The Morgan fingerprint density at radius 1 is 1.46 bits per heavy atom. The van der Waals surface area contributed by atoms with E-state index < -0.39 is 5.91 Å². The molecule has 68 valence electrons. The topological polar surface area (TPSA) is 69.1 Å². The normalized spacial score (nSPS) is 10.5. The third kappa shape index (κ3) is 2.80. The molecule has 4 N–H and O–H groups in total. The molecule has 4 heteroatoms. The molecule has 1 amide bonds. The Bertz CT molecular complexity index is 361. The molecule has 0 heterocycles. The van der Waals surface area contributed by atoms with E-state index in [1.807, 2.05) is 0 Å². The molecule has 0 atom stereocenters. The zero-order chi connectivity index (χ0) is 9.84. The van der Waals surface area contributed by atoms with Gasteiger partial charge in [-0.05, 0) is 29.8 Å². The van der Waals surface area contributed by atoms with Crippen LogP contribution in [0.5, 0.6) is 0 Å². The van der Waals surface area contributed by atoms with Crippen LogP contribution in [0, 0.1) is 0 Å². The van der Waals surface area contributed by atoms with E-state index in [0.29, 0.717) is 16.3 Å². The fourth-order valence-corrected chi connectivity index (χ4v) is 1.04. The summed E-state index contributed by atoms with van der Waals surface area (Å²) in [6, 6.07) is 5.02. The van der Waals surface area contributed by atoms with E-state index in [0.717, 1.165) is 0 Å². The van der Waals surface area contributed by atoms with Gasteiger partial charge in [-0.2, -0.15) is 0 Å². The van der Waals surface area contributed by atoms with Crippen molar-refractivity contribution in [3.63, 3.8) is 0 Å². The summed E-state index contributed by atoms with van der Waals surface area (Å²) in [5.41, 5.74) is 11.7. The zero-order valence-electron chi connectivity index (χ0n) is 6.83. The molecule has 0 saturated carbocycles. The SMILES string of the molecule is NC(=O)C=Cc1cc(N)ccc1Cl. The van der Waals surface area contributed by atoms with Crippen molar-refractivity contribution in [3.05, 3.63) is 34.9 Å². The van der Waals surface area contributed by atoms with Crippen molar-refractivity contribution in [2.45, 2.75) is 0 Å². The highest BCUT2D eigenvalue weighted by Crippen LogP contribution is 2.19. The predicted molar refractivity (Wildman–Crippen MR) is 54.1 cm³/mol. The minimum absolute atomic E-state index is 0.515. The van der Waals surface area contributed by atoms with Crippen LogP contribution < -0.4 is 11.5 Å². The number of carbonyl (C=O) groups excluding carboxylic acids is 1. The third-order valence-corrected chi connectivity index (χ3v) is 1.79. The second-order valence-electron chi connectivity index (χ2n) is 2.52. The number of benzene rings is 1. The fourth-order valence-electron chi connectivity index (χ4n) is 0.862. The lowest BCUT2D eigenvalue weighted by atomic mass is 10.2. The van der Waals surface area contributed by atoms with Gasteiger partial charge in [0.1, 0.15) is 0 Å². The maximum Gasteiger partial charge on any atom is 0.241 e. The maximum atomic E-state index is 10.4. The van der Waals surface area contributed by atoms with Gasteiger partial charge in [-0.15, -0.1) is 0 Å². The van der Waals surface area contributed by atoms with Crippen molar-refractivity contribution in [2.24, 2.45) is 5.73 Å². The number of nitrogen functional groups attached to an aromatic ring is 1. The number of nitrogens with two attached hydrogens (primary N) is 2. The molecule has 0 aliphatic rings. The Morgan fingerprint density at radius 2 is 2.15 bits per heavy atom. The first-order chi connectivity index (χ1) is 6.09. The summed E-state index contributed by atoms with van der Waals surface area (Å²) >= 11 is 5.82. The molecule has 0 spiro atoms. The average Bonchev–Trinajstić information content (AvgIpc) is 2.06. The number of anilines is 1. The third-order valence-electron chi connectivity index (χ3n) is 1.45. The molecule has 0 aromatic heterocycles. The summed E-state index contributed by atoms with van der Waals surface area (Å²) in [5.74, 6) is -0.515. The van der Waals surface area contributed by atoms with E-state index >= 15 is 0 Å². The highest BCUT2D eigenvalue weighted by molar-refractivity contribution is 6.32. The standard InChI is InChI=1S/C9H9ClN2O/c10-8-3-2-7(11)5-6(8)1-4-9(12)13/h1-5H,11H2,(H2,12,13). The average molecular weight is 197 g/mol. The van der Waals surface area contributed by atoms with Crippen molar-refractivity contribution in [2.75, 3.05) is 5.73 Å². The Hall–Kier alpha value is -1.48. The van der Waals surface area contributed by atoms with Gasteiger partial charge in [0.05, 0.1) is 0 Å². The van der Waals surface area contributed by atoms with Gasteiger partial charge in [-0.25, -0.2) is 0 Å². The molecular weight excluding hydrogens is 188 g/mol. The van der Waals surface area contributed by atoms with E-state index in [1.165, 1.54) is 12.2 Å². The first-order valence-electron chi connectivity index (χ1n) is 3.62. The van der Waals surface area contributed by atoms with Crippen LogP contribution in [-0.2, 0) is 4.79 Å². The van der Waals surface area contributed by atoms with Gasteiger partial charge in [0.2, 0.25) is 5.91 Å². The van der Waals surface area contributed by atoms with Crippen LogP contribution in [0.2, 0.25) is 5.02 Å². The van der Waals surface area contributed by atoms with Crippen LogP contribution in [0.1, 0.15) is 5.56 Å². The summed E-state index contributed by atoms with van der Waals surface area (Å²) in [6.45, 7) is 0. The fraction of sp³-hybridized carbons (Fsp3) is 0. The van der Waals surface area contributed by atoms with Gasteiger partial charge in [-0.1, -0.05) is 11.6 Å². The molecule has 0 unspecified atom stereocenters. The lowest BCUT2D eigenvalue weighted by Crippen LogP contribution is -2.05. The lowest BCUT2D eigenvalue weighted by Gasteiger charge is -1.98. The Labute approximate surface area is 81.0 Å². The van der Waals surface area contributed by atoms with Gasteiger partial charge in [-0.3, -0.25) is 4.79 Å². The first-order valence-corrected chi connectivity index (χ1v) is 4.00. The number of carbonyl (C=O) groups is 1. The number of amides is 1. The number of rotatable bonds is 2. The van der Waals surface area contributed by atoms with Crippen LogP contribution in [0.4, 0.5) is 5.69 Å². The van der Waals surface area contributed by atoms with Crippen LogP contribution >= 0.6 is 11.6 Å². The second kappa shape index (κ2) is 3.96. The van der Waals surface area contributed by atoms with Crippen LogP contribution in [0.15, 0.2) is 24.3 Å². The number of primary amides is 1. The minimum Gasteiger partial charge on any atom is -0.399 e. The maximum absolute atomic E-state index is 10.4. The van der Waals surface area contributed by atoms with Crippen molar-refractivity contribution >= 4 is 29.3 Å². The van der Waals surface area contributed by atoms with Crippen LogP contribution in [0.25, 0.3) is 6.08 Å². The quantitative estimate of drug-likeness (QED) is 0.555. The molecule has 0 radical (unpaired) electrons. The summed E-state index contributed by atoms with van der Waals surface area (Å²) < 4.78 is 0. The zero-order valence-corrected chi connectivity index (χ0v) is 7.58. The molecule has 13 heavy (non-hydrogen) atoms. The molecule has 0 aliphatic carbocycles. The van der Waals surface area contributed by atoms with Crippen molar-refractivity contribution in [3.8, 4) is 0 Å². The van der Waals surface area contributed by atoms with Crippen molar-refractivity contribution in [1.29, 1.82) is 0 Å². The summed E-state index contributed by atoms with van der Waals surface area (Å²) in [5, 5.41) is 0.534. The second-order valence-corrected chi connectivity index (χ2v) is 2.92. The smallest absolute Gasteiger partial charge is 0.241 e. The Balaban J connectivity index is 3.00. The predicted octanol–water partition coefficient (Wildman–Crippen LogP) is 1.42. The van der Waals surface area contributed by atoms with Gasteiger partial charge in [0.15, 0.2) is 0 Å². The molecule has 1 aromatic carbocycles. The highest BCUT2D eigenvalue weighted by Gasteiger charge is 1.96. The summed E-state index contributed by atoms with van der Waals surface area (Å²) in [4.78, 5) is 10.4. The number of hydrogen-bond donors (Lipinski definition) is 2. The Kier molecular flexibility index (Phi) is 2.93. The molecule has 1 rings (SSSR count). The summed E-state index contributed by atoms with van der Waals surface area (Å²) in [6.07, 6.45) is 2.77. The van der Waals surface area contributed by atoms with Gasteiger partial charge in [0, 0.05) is 16.8 Å². The van der Waals surface area contributed by atoms with Gasteiger partial charge >= 0.3 is 0 Å². The van der Waals surface area contributed by atoms with Crippen LogP contribution in [-0.4, -0.2) is 5.91 Å². The molecular formula is C9H9ClN2O. The van der Waals surface area contributed by atoms with E-state index in [1.54, 1.807) is 18.2 Å². The summed E-state index contributed by atoms with van der Waals surface area (Å²) in [7, 11) is 0. The monoisotopic (exact) mass is 196 g/mol. The largest absolute Gasteiger partial charge is 0.399 e. The molecule has 3 nitrogen and oxygen atoms in total. The number of hydrogen-bond acceptors (Lipinski definition) is 2. The molecule has 1 aromatic rings. The van der Waals surface area contributed by atoms with E-state index in [4.69, 9.17) is 23.1 Å². The molecule has 0 saturated heterocycles. The van der Waals surface area contributed by atoms with E-state index in [9.17, 15) is 4.79 Å². The molecule has 0 fully saturated rings. The molecule has 0 bridgehead atoms. The van der Waals surface area contributed by atoms with Gasteiger partial charge in [0.25, 0.3) is 0 Å². The highest BCUT2D eigenvalue weighted by atomic mass is 35.5. The first kappa shape index (κ1) is 9.61. The molecule has 0 aliphatic heterocycles. The Morgan fingerprint density at radius 3 is 2.77 bits per heavy atom. The van der Waals surface area contributed by atoms with E-state index in [-0.39, 0.29) is 0 Å². The minimum atomic E-state index is -0.515. The van der Waals surface area contributed by atoms with E-state index in [2.05, 4.69) is 0 Å².